The van der Waals surface area contributed by atoms with Crippen LogP contribution in [0.5, 0.6) is 0 Å². The smallest absolute Gasteiger partial charge is 0.335 e. The van der Waals surface area contributed by atoms with E-state index in [4.69, 9.17) is 9.84 Å². The number of ketones is 1. The average Bonchev–Trinajstić information content (AvgIpc) is 3.35. The van der Waals surface area contributed by atoms with E-state index in [2.05, 4.69) is 12.2 Å². The number of carbonyl (C=O) groups excluding carboxylic acids is 1. The molecule has 154 valence electrons. The number of ether oxygens (including phenoxy) is 1. The van der Waals surface area contributed by atoms with Crippen LogP contribution in [0.25, 0.3) is 6.08 Å². The normalized spacial score (nSPS) is 29.8. The van der Waals surface area contributed by atoms with Crippen molar-refractivity contribution in [2.45, 2.75) is 63.6 Å². The molecule has 0 radical (unpaired) electrons. The number of carbonyl (C=O) groups is 2. The Morgan fingerprint density at radius 2 is 1.86 bits per heavy atom. The number of benzene rings is 1. The molecule has 0 spiro atoms. The maximum atomic E-state index is 12.6. The van der Waals surface area contributed by atoms with Crippen LogP contribution in [0.4, 0.5) is 0 Å². The first kappa shape index (κ1) is 20.1. The molecule has 4 atom stereocenters. The number of hydrogen-bond donors (Lipinski definition) is 1. The molecule has 4 heteroatoms. The van der Waals surface area contributed by atoms with E-state index in [0.29, 0.717) is 23.2 Å². The van der Waals surface area contributed by atoms with Crippen LogP contribution in [0.3, 0.4) is 0 Å². The quantitative estimate of drug-likeness (QED) is 0.639. The highest BCUT2D eigenvalue weighted by atomic mass is 16.5. The Labute approximate surface area is 172 Å². The third kappa shape index (κ3) is 4.69. The van der Waals surface area contributed by atoms with Crippen LogP contribution in [0.1, 0.15) is 67.3 Å². The first-order valence-corrected chi connectivity index (χ1v) is 11.0. The fourth-order valence-electron chi connectivity index (χ4n) is 5.25. The van der Waals surface area contributed by atoms with Gasteiger partial charge in [-0.25, -0.2) is 4.79 Å². The molecule has 0 unspecified atom stereocenters. The second-order valence-corrected chi connectivity index (χ2v) is 8.70. The maximum Gasteiger partial charge on any atom is 0.335 e. The summed E-state index contributed by atoms with van der Waals surface area (Å²) >= 11 is 0. The van der Waals surface area contributed by atoms with Gasteiger partial charge >= 0.3 is 5.97 Å². The summed E-state index contributed by atoms with van der Waals surface area (Å²) in [5.41, 5.74) is 1.20. The number of aromatic carboxylic acids is 1. The monoisotopic (exact) mass is 394 g/mol. The Bertz CT molecular complexity index is 803. The van der Waals surface area contributed by atoms with Gasteiger partial charge < -0.3 is 9.84 Å². The van der Waals surface area contributed by atoms with Gasteiger partial charge in [0.25, 0.3) is 0 Å². The molecule has 1 aromatic rings. The van der Waals surface area contributed by atoms with E-state index >= 15 is 0 Å². The molecular formula is C25H30O4. The molecule has 1 saturated carbocycles. The van der Waals surface area contributed by atoms with Crippen LogP contribution < -0.4 is 0 Å². The van der Waals surface area contributed by atoms with E-state index in [1.165, 1.54) is 19.3 Å². The summed E-state index contributed by atoms with van der Waals surface area (Å²) in [6.45, 7) is 0. The Kier molecular flexibility index (Phi) is 6.29. The molecule has 0 amide bonds. The highest BCUT2D eigenvalue weighted by molar-refractivity contribution is 5.91. The Morgan fingerprint density at radius 3 is 2.66 bits per heavy atom. The molecular weight excluding hydrogens is 364 g/mol. The number of carboxylic acids is 1. The van der Waals surface area contributed by atoms with Crippen molar-refractivity contribution in [3.8, 4) is 0 Å². The van der Waals surface area contributed by atoms with Gasteiger partial charge in [0.05, 0.1) is 17.8 Å². The van der Waals surface area contributed by atoms with Crippen LogP contribution in [0.15, 0.2) is 42.5 Å². The molecule has 2 bridgehead atoms. The maximum absolute atomic E-state index is 12.6. The third-order valence-electron chi connectivity index (χ3n) is 6.83. The Morgan fingerprint density at radius 1 is 1.07 bits per heavy atom. The standard InChI is InChI=1S/C25H30O4/c26-22(18-8-2-1-3-9-18)13-12-21-20(23-14-15-24(21)29-23)11-5-7-17-6-4-10-19(16-17)25(27)28/h4-7,10,12-13,16,18,20-21,23-24H,1-3,8-9,11,14-15H2,(H,27,28)/t20-,21+,23-,24+/m1/s1. The summed E-state index contributed by atoms with van der Waals surface area (Å²) in [6, 6.07) is 6.98. The van der Waals surface area contributed by atoms with Gasteiger partial charge in [0.1, 0.15) is 0 Å². The molecule has 2 saturated heterocycles. The topological polar surface area (TPSA) is 63.6 Å². The van der Waals surface area contributed by atoms with E-state index in [1.54, 1.807) is 18.2 Å². The van der Waals surface area contributed by atoms with Gasteiger partial charge in [0.2, 0.25) is 0 Å². The van der Waals surface area contributed by atoms with Gasteiger partial charge in [-0.1, -0.05) is 49.6 Å². The van der Waals surface area contributed by atoms with Crippen molar-refractivity contribution in [1.29, 1.82) is 0 Å². The van der Waals surface area contributed by atoms with Crippen molar-refractivity contribution in [3.63, 3.8) is 0 Å². The fraction of sp³-hybridized carbons (Fsp3) is 0.520. The van der Waals surface area contributed by atoms with Gasteiger partial charge in [-0.3, -0.25) is 4.79 Å². The summed E-state index contributed by atoms with van der Waals surface area (Å²) in [7, 11) is 0. The second kappa shape index (κ2) is 9.08. The van der Waals surface area contributed by atoms with Crippen molar-refractivity contribution in [3.05, 3.63) is 53.6 Å². The summed E-state index contributed by atoms with van der Waals surface area (Å²) in [4.78, 5) is 23.7. The van der Waals surface area contributed by atoms with Crippen molar-refractivity contribution < 1.29 is 19.4 Å². The minimum Gasteiger partial charge on any atom is -0.478 e. The van der Waals surface area contributed by atoms with Crippen molar-refractivity contribution in [2.75, 3.05) is 0 Å². The fourth-order valence-corrected chi connectivity index (χ4v) is 5.25. The Hall–Kier alpha value is -2.20. The molecule has 1 N–H and O–H groups in total. The lowest BCUT2D eigenvalue weighted by Gasteiger charge is -2.25. The van der Waals surface area contributed by atoms with E-state index in [0.717, 1.165) is 37.7 Å². The molecule has 1 aliphatic carbocycles. The van der Waals surface area contributed by atoms with Gasteiger partial charge in [-0.05, 0) is 61.8 Å². The van der Waals surface area contributed by atoms with Gasteiger partial charge in [0, 0.05) is 11.8 Å². The van der Waals surface area contributed by atoms with Gasteiger partial charge in [-0.2, -0.15) is 0 Å². The van der Waals surface area contributed by atoms with Gasteiger partial charge in [-0.15, -0.1) is 0 Å². The molecule has 4 rings (SSSR count). The Balaban J connectivity index is 1.39. The molecule has 29 heavy (non-hydrogen) atoms. The first-order valence-electron chi connectivity index (χ1n) is 11.0. The lowest BCUT2D eigenvalue weighted by Crippen LogP contribution is -2.25. The predicted octanol–water partition coefficient (Wildman–Crippen LogP) is 5.29. The number of fused-ring (bicyclic) bond motifs is 2. The summed E-state index contributed by atoms with van der Waals surface area (Å²) < 4.78 is 6.15. The lowest BCUT2D eigenvalue weighted by atomic mass is 9.76. The summed E-state index contributed by atoms with van der Waals surface area (Å²) in [5, 5.41) is 9.14. The molecule has 3 aliphatic rings. The number of carboxylic acid groups (broad SMARTS) is 1. The summed E-state index contributed by atoms with van der Waals surface area (Å²) in [6.07, 6.45) is 17.4. The molecule has 1 aromatic carbocycles. The third-order valence-corrected chi connectivity index (χ3v) is 6.83. The van der Waals surface area contributed by atoms with Crippen LogP contribution in [0.2, 0.25) is 0 Å². The first-order chi connectivity index (χ1) is 14.1. The average molecular weight is 395 g/mol. The largest absolute Gasteiger partial charge is 0.478 e. The van der Waals surface area contributed by atoms with Crippen LogP contribution in [0, 0.1) is 17.8 Å². The number of hydrogen-bond acceptors (Lipinski definition) is 3. The second-order valence-electron chi connectivity index (χ2n) is 8.70. The summed E-state index contributed by atoms with van der Waals surface area (Å²) in [5.74, 6) is 0.306. The zero-order valence-electron chi connectivity index (χ0n) is 16.8. The number of rotatable bonds is 7. The van der Waals surface area contributed by atoms with E-state index in [1.807, 2.05) is 18.2 Å². The van der Waals surface area contributed by atoms with Crippen molar-refractivity contribution in [2.24, 2.45) is 17.8 Å². The molecule has 4 nitrogen and oxygen atoms in total. The predicted molar refractivity (Wildman–Crippen MR) is 113 cm³/mol. The zero-order chi connectivity index (χ0) is 20.2. The van der Waals surface area contributed by atoms with Gasteiger partial charge in [0.15, 0.2) is 5.78 Å². The SMILES string of the molecule is O=C(O)c1cccc(C=CC[C@@H]2[C@H](C=CC(=O)C3CCCCC3)[C@@H]3CC[C@H]2O3)c1. The minimum atomic E-state index is -0.908. The molecule has 3 fully saturated rings. The van der Waals surface area contributed by atoms with Crippen LogP contribution >= 0.6 is 0 Å². The highest BCUT2D eigenvalue weighted by Crippen LogP contribution is 2.46. The van der Waals surface area contributed by atoms with Crippen LogP contribution in [-0.2, 0) is 9.53 Å². The number of allylic oxidation sites excluding steroid dienone is 2. The molecule has 2 aliphatic heterocycles. The molecule has 2 heterocycles. The highest BCUT2D eigenvalue weighted by Gasteiger charge is 2.46. The van der Waals surface area contributed by atoms with Crippen molar-refractivity contribution >= 4 is 17.8 Å². The van der Waals surface area contributed by atoms with E-state index in [9.17, 15) is 9.59 Å². The zero-order valence-corrected chi connectivity index (χ0v) is 16.8. The van der Waals surface area contributed by atoms with E-state index < -0.39 is 5.97 Å². The van der Waals surface area contributed by atoms with Crippen molar-refractivity contribution in [1.82, 2.24) is 0 Å². The lowest BCUT2D eigenvalue weighted by molar-refractivity contribution is -0.119. The van der Waals surface area contributed by atoms with Crippen LogP contribution in [-0.4, -0.2) is 29.1 Å². The molecule has 0 aromatic heterocycles. The van der Waals surface area contributed by atoms with E-state index in [-0.39, 0.29) is 18.1 Å². The minimum absolute atomic E-state index is 0.222.